The van der Waals surface area contributed by atoms with Gasteiger partial charge in [0.2, 0.25) is 0 Å². The minimum Gasteiger partial charge on any atom is -0.508 e. The van der Waals surface area contributed by atoms with Gasteiger partial charge in [-0.3, -0.25) is 0 Å². The second kappa shape index (κ2) is 48.5. The minimum absolute atomic E-state index is 0.396. The third-order valence-corrected chi connectivity index (χ3v) is 13.4. The van der Waals surface area contributed by atoms with Crippen LogP contribution in [-0.4, -0.2) is 15.3 Å². The number of hydrogen-bond donors (Lipinski definition) is 3. The van der Waals surface area contributed by atoms with E-state index in [-0.39, 0.29) is 0 Å². The lowest BCUT2D eigenvalue weighted by molar-refractivity contribution is 0.473. The molecule has 0 amide bonds. The summed E-state index contributed by atoms with van der Waals surface area (Å²) in [5.74, 6) is 1.19. The van der Waals surface area contributed by atoms with Gasteiger partial charge in [-0.05, 0) is 91.6 Å². The first-order chi connectivity index (χ1) is 32.5. The number of hydrogen-bond acceptors (Lipinski definition) is 3. The first-order valence-electron chi connectivity index (χ1n) is 28.8. The molecule has 0 fully saturated rings. The Labute approximate surface area is 410 Å². The maximum absolute atomic E-state index is 9.42. The fraction of sp³-hybridized carbons (Fsp3) is 0.714. The predicted molar refractivity (Wildman–Crippen MR) is 293 cm³/mol. The van der Waals surface area contributed by atoms with Crippen LogP contribution in [0.5, 0.6) is 17.2 Å². The van der Waals surface area contributed by atoms with Crippen molar-refractivity contribution in [1.82, 2.24) is 0 Å². The number of unbranched alkanes of at least 4 members (excludes halogenated alkanes) is 36. The van der Waals surface area contributed by atoms with E-state index in [1.807, 2.05) is 36.4 Å². The van der Waals surface area contributed by atoms with Crippen LogP contribution in [0.15, 0.2) is 72.8 Å². The quantitative estimate of drug-likeness (QED) is 0.0496. The molecule has 3 nitrogen and oxygen atoms in total. The molecule has 66 heavy (non-hydrogen) atoms. The molecule has 0 aliphatic heterocycles. The number of aryl methyl sites for hydroxylation is 3. The van der Waals surface area contributed by atoms with Crippen LogP contribution < -0.4 is 0 Å². The van der Waals surface area contributed by atoms with Gasteiger partial charge in [0, 0.05) is 0 Å². The van der Waals surface area contributed by atoms with Crippen LogP contribution in [-0.2, 0) is 19.3 Å². The van der Waals surface area contributed by atoms with E-state index in [9.17, 15) is 15.3 Å². The third kappa shape index (κ3) is 42.4. The van der Waals surface area contributed by atoms with Crippen molar-refractivity contribution >= 4 is 0 Å². The van der Waals surface area contributed by atoms with Gasteiger partial charge in [0.1, 0.15) is 17.2 Å². The summed E-state index contributed by atoms with van der Waals surface area (Å²) in [5.41, 5.74) is 3.80. The molecule has 3 N–H and O–H groups in total. The van der Waals surface area contributed by atoms with E-state index < -0.39 is 0 Å². The van der Waals surface area contributed by atoms with Gasteiger partial charge in [-0.2, -0.15) is 0 Å². The molecular weight excluding hydrogens is 805 g/mol. The standard InChI is InChI=1S/3C21H36O/c3*1-2-3-4-5-6-7-8-9-10-11-12-13-14-16-20-17-15-18-21(22)19-20/h3*15,17-19,22H,2-14,16H2,1H3. The molecule has 3 aromatic rings. The van der Waals surface area contributed by atoms with Crippen molar-refractivity contribution in [2.75, 3.05) is 0 Å². The summed E-state index contributed by atoms with van der Waals surface area (Å²) in [6, 6.07) is 23.0. The number of rotatable bonds is 42. The Morgan fingerprint density at radius 2 is 0.394 bits per heavy atom. The Hall–Kier alpha value is -2.94. The lowest BCUT2D eigenvalue weighted by Gasteiger charge is -2.04. The first kappa shape index (κ1) is 61.1. The SMILES string of the molecule is CCCCCCCCCCCCCCCc1cccc(O)c1.CCCCCCCCCCCCCCCc1cccc(O)c1.CCCCCCCCCCCCCCCc1cccc(O)c1. The van der Waals surface area contributed by atoms with Gasteiger partial charge in [-0.15, -0.1) is 0 Å². The topological polar surface area (TPSA) is 60.7 Å². The Kier molecular flexibility index (Phi) is 44.9. The summed E-state index contributed by atoms with van der Waals surface area (Å²) < 4.78 is 0. The van der Waals surface area contributed by atoms with Crippen LogP contribution in [0.25, 0.3) is 0 Å². The number of phenolic OH excluding ortho intramolecular Hbond substituents is 3. The molecule has 3 heteroatoms. The molecule has 0 spiro atoms. The van der Waals surface area contributed by atoms with E-state index in [0.29, 0.717) is 17.2 Å². The van der Waals surface area contributed by atoms with E-state index in [0.717, 1.165) is 19.3 Å². The largest absolute Gasteiger partial charge is 0.508 e. The maximum Gasteiger partial charge on any atom is 0.115 e. The summed E-state index contributed by atoms with van der Waals surface area (Å²) in [6.07, 6.45) is 57.9. The highest BCUT2D eigenvalue weighted by Crippen LogP contribution is 2.19. The van der Waals surface area contributed by atoms with Crippen LogP contribution in [0.4, 0.5) is 0 Å². The zero-order valence-electron chi connectivity index (χ0n) is 44.0. The molecule has 0 radical (unpaired) electrons. The number of aromatic hydroxyl groups is 3. The second-order valence-electron chi connectivity index (χ2n) is 20.0. The van der Waals surface area contributed by atoms with Crippen molar-refractivity contribution in [3.63, 3.8) is 0 Å². The summed E-state index contributed by atoms with van der Waals surface area (Å²) in [4.78, 5) is 0. The van der Waals surface area contributed by atoms with E-state index >= 15 is 0 Å². The third-order valence-electron chi connectivity index (χ3n) is 13.4. The summed E-state index contributed by atoms with van der Waals surface area (Å²) in [6.45, 7) is 6.84. The van der Waals surface area contributed by atoms with E-state index in [4.69, 9.17) is 0 Å². The Balaban J connectivity index is 0.000000495. The fourth-order valence-electron chi connectivity index (χ4n) is 9.18. The highest BCUT2D eigenvalue weighted by molar-refractivity contribution is 5.28. The van der Waals surface area contributed by atoms with E-state index in [1.165, 1.54) is 267 Å². The zero-order valence-corrected chi connectivity index (χ0v) is 44.0. The predicted octanol–water partition coefficient (Wildman–Crippen LogP) is 21.1. The Morgan fingerprint density at radius 1 is 0.227 bits per heavy atom. The van der Waals surface area contributed by atoms with Crippen molar-refractivity contribution in [2.24, 2.45) is 0 Å². The average molecular weight is 914 g/mol. The monoisotopic (exact) mass is 913 g/mol. The molecule has 0 heterocycles. The van der Waals surface area contributed by atoms with Crippen LogP contribution >= 0.6 is 0 Å². The molecule has 0 saturated heterocycles. The van der Waals surface area contributed by atoms with E-state index in [1.54, 1.807) is 18.2 Å². The summed E-state index contributed by atoms with van der Waals surface area (Å²) in [5, 5.41) is 28.3. The smallest absolute Gasteiger partial charge is 0.115 e. The molecule has 0 aliphatic carbocycles. The van der Waals surface area contributed by atoms with Crippen molar-refractivity contribution in [1.29, 1.82) is 0 Å². The average Bonchev–Trinajstić information content (AvgIpc) is 3.31. The fourth-order valence-corrected chi connectivity index (χ4v) is 9.18. The normalized spacial score (nSPS) is 11.0. The number of phenols is 3. The molecule has 0 aromatic heterocycles. The van der Waals surface area contributed by atoms with Crippen molar-refractivity contribution in [2.45, 2.75) is 290 Å². The Bertz CT molecular complexity index is 1250. The van der Waals surface area contributed by atoms with Crippen molar-refractivity contribution in [3.05, 3.63) is 89.5 Å². The van der Waals surface area contributed by atoms with Crippen LogP contribution in [0.2, 0.25) is 0 Å². The molecule has 0 saturated carbocycles. The molecular formula is C63H108O3. The van der Waals surface area contributed by atoms with Gasteiger partial charge in [0.25, 0.3) is 0 Å². The molecule has 3 aromatic carbocycles. The van der Waals surface area contributed by atoms with Crippen molar-refractivity contribution in [3.8, 4) is 17.2 Å². The summed E-state index contributed by atoms with van der Waals surface area (Å²) >= 11 is 0. The van der Waals surface area contributed by atoms with Crippen molar-refractivity contribution < 1.29 is 15.3 Å². The van der Waals surface area contributed by atoms with E-state index in [2.05, 4.69) is 39.0 Å². The summed E-state index contributed by atoms with van der Waals surface area (Å²) in [7, 11) is 0. The lowest BCUT2D eigenvalue weighted by atomic mass is 10.0. The first-order valence-corrected chi connectivity index (χ1v) is 28.8. The van der Waals surface area contributed by atoms with Crippen LogP contribution in [0.1, 0.15) is 288 Å². The molecule has 3 rings (SSSR count). The van der Waals surface area contributed by atoms with Gasteiger partial charge in [0.15, 0.2) is 0 Å². The molecule has 0 atom stereocenters. The maximum atomic E-state index is 9.42. The minimum atomic E-state index is 0.396. The van der Waals surface area contributed by atoms with Crippen LogP contribution in [0, 0.1) is 0 Å². The molecule has 0 bridgehead atoms. The number of benzene rings is 3. The van der Waals surface area contributed by atoms with Gasteiger partial charge >= 0.3 is 0 Å². The Morgan fingerprint density at radius 3 is 0.561 bits per heavy atom. The second-order valence-corrected chi connectivity index (χ2v) is 20.0. The molecule has 378 valence electrons. The van der Waals surface area contributed by atoms with Crippen LogP contribution in [0.3, 0.4) is 0 Å². The highest BCUT2D eigenvalue weighted by Gasteiger charge is 2.00. The van der Waals surface area contributed by atoms with Gasteiger partial charge in [0.05, 0.1) is 0 Å². The molecule has 0 unspecified atom stereocenters. The zero-order chi connectivity index (χ0) is 47.6. The van der Waals surface area contributed by atoms with Gasteiger partial charge in [-0.25, -0.2) is 0 Å². The van der Waals surface area contributed by atoms with Gasteiger partial charge in [-0.1, -0.05) is 288 Å². The molecule has 0 aliphatic rings. The van der Waals surface area contributed by atoms with Gasteiger partial charge < -0.3 is 15.3 Å². The highest BCUT2D eigenvalue weighted by atomic mass is 16.3. The lowest BCUT2D eigenvalue weighted by Crippen LogP contribution is -1.86.